The highest BCUT2D eigenvalue weighted by atomic mass is 35.5. The molecule has 23 heavy (non-hydrogen) atoms. The highest BCUT2D eigenvalue weighted by Crippen LogP contribution is 2.37. The van der Waals surface area contributed by atoms with Crippen LogP contribution < -0.4 is 5.32 Å². The Morgan fingerprint density at radius 2 is 1.83 bits per heavy atom. The summed E-state index contributed by atoms with van der Waals surface area (Å²) in [5, 5.41) is 4.14. The largest absolute Gasteiger partial charge is 0.314 e. The molecule has 1 fully saturated rings. The van der Waals surface area contributed by atoms with Crippen LogP contribution in [-0.4, -0.2) is 31.1 Å². The monoisotopic (exact) mass is 404 g/mol. The van der Waals surface area contributed by atoms with Gasteiger partial charge in [0.2, 0.25) is 0 Å². The number of piperazine rings is 1. The number of nitrogens with zero attached hydrogens (tertiary/aromatic N) is 1. The van der Waals surface area contributed by atoms with Crippen LogP contribution in [0.3, 0.4) is 0 Å². The second-order valence-corrected chi connectivity index (χ2v) is 6.34. The van der Waals surface area contributed by atoms with Gasteiger partial charge in [0.15, 0.2) is 0 Å². The van der Waals surface area contributed by atoms with Crippen molar-refractivity contribution in [1.29, 1.82) is 0 Å². The highest BCUT2D eigenvalue weighted by Gasteiger charge is 2.27. The van der Waals surface area contributed by atoms with E-state index in [1.165, 1.54) is 12.1 Å². The minimum absolute atomic E-state index is 0. The molecule has 0 saturated carbocycles. The fourth-order valence-corrected chi connectivity index (χ4v) is 3.38. The van der Waals surface area contributed by atoms with Gasteiger partial charge in [0.25, 0.3) is 0 Å². The van der Waals surface area contributed by atoms with Gasteiger partial charge >= 0.3 is 0 Å². The lowest BCUT2D eigenvalue weighted by atomic mass is 9.97. The molecule has 0 bridgehead atoms. The molecule has 0 aromatic heterocycles. The molecule has 1 atom stereocenters. The third-order valence-corrected chi connectivity index (χ3v) is 4.91. The maximum Gasteiger partial charge on any atom is 0.129 e. The summed E-state index contributed by atoms with van der Waals surface area (Å²) in [6.45, 7) is 5.87. The normalized spacial score (nSPS) is 16.3. The fraction of sp³-hybridized carbons (Fsp3) is 0.625. The van der Waals surface area contributed by atoms with E-state index in [-0.39, 0.29) is 36.7 Å². The molecule has 0 radical (unpaired) electrons. The minimum atomic E-state index is -0.246. The fourth-order valence-electron chi connectivity index (χ4n) is 2.94. The van der Waals surface area contributed by atoms with Crippen molar-refractivity contribution in [3.63, 3.8) is 0 Å². The van der Waals surface area contributed by atoms with Crippen LogP contribution in [0.25, 0.3) is 0 Å². The standard InChI is InChI=1S/C16H23Cl2FN2.2ClH/c1-2-3-4-5-14(21-10-8-20-9-11-21)15-13(19)7-6-12(17)16(15)18;;/h6-7,14,20H,2-5,8-11H2,1H3;2*1H/t14-;;/m0../s1. The molecular formula is C16H25Cl4FN2. The maximum atomic E-state index is 14.4. The van der Waals surface area contributed by atoms with Gasteiger partial charge in [-0.3, -0.25) is 4.90 Å². The van der Waals surface area contributed by atoms with Crippen LogP contribution in [0.15, 0.2) is 12.1 Å². The molecule has 2 nitrogen and oxygen atoms in total. The van der Waals surface area contributed by atoms with Crippen LogP contribution in [0.1, 0.15) is 44.2 Å². The summed E-state index contributed by atoms with van der Waals surface area (Å²) in [5.74, 6) is -0.246. The van der Waals surface area contributed by atoms with Gasteiger partial charge < -0.3 is 5.32 Å². The number of hydrogen-bond acceptors (Lipinski definition) is 2. The van der Waals surface area contributed by atoms with E-state index in [0.717, 1.165) is 51.9 Å². The van der Waals surface area contributed by atoms with E-state index < -0.39 is 0 Å². The highest BCUT2D eigenvalue weighted by molar-refractivity contribution is 6.42. The Bertz CT molecular complexity index is 468. The molecule has 0 unspecified atom stereocenters. The van der Waals surface area contributed by atoms with Crippen LogP contribution in [0.4, 0.5) is 4.39 Å². The molecule has 0 amide bonds. The number of hydrogen-bond donors (Lipinski definition) is 1. The zero-order valence-corrected chi connectivity index (χ0v) is 16.4. The summed E-state index contributed by atoms with van der Waals surface area (Å²) < 4.78 is 14.4. The van der Waals surface area contributed by atoms with Crippen molar-refractivity contribution >= 4 is 48.0 Å². The summed E-state index contributed by atoms with van der Waals surface area (Å²) in [4.78, 5) is 2.33. The van der Waals surface area contributed by atoms with Gasteiger partial charge in [-0.25, -0.2) is 4.39 Å². The first-order valence-electron chi connectivity index (χ1n) is 7.73. The van der Waals surface area contributed by atoms with Crippen molar-refractivity contribution in [3.05, 3.63) is 33.6 Å². The Labute approximate surface area is 160 Å². The van der Waals surface area contributed by atoms with Crippen molar-refractivity contribution in [1.82, 2.24) is 10.2 Å². The van der Waals surface area contributed by atoms with E-state index in [2.05, 4.69) is 17.1 Å². The van der Waals surface area contributed by atoms with Gasteiger partial charge in [-0.2, -0.15) is 0 Å². The summed E-state index contributed by atoms with van der Waals surface area (Å²) in [5.41, 5.74) is 0.571. The third-order valence-electron chi connectivity index (χ3n) is 4.09. The molecule has 1 aliphatic heterocycles. The van der Waals surface area contributed by atoms with E-state index in [1.54, 1.807) is 0 Å². The number of unbranched alkanes of at least 4 members (excludes halogenated alkanes) is 2. The van der Waals surface area contributed by atoms with Gasteiger partial charge in [0.05, 0.1) is 10.0 Å². The summed E-state index contributed by atoms with van der Waals surface area (Å²) in [6, 6.07) is 2.98. The predicted molar refractivity (Wildman–Crippen MR) is 102 cm³/mol. The van der Waals surface area contributed by atoms with Crippen LogP contribution in [0.2, 0.25) is 10.0 Å². The molecule has 1 aliphatic rings. The van der Waals surface area contributed by atoms with E-state index in [4.69, 9.17) is 23.2 Å². The molecule has 0 aliphatic carbocycles. The van der Waals surface area contributed by atoms with Gasteiger partial charge in [0.1, 0.15) is 5.82 Å². The zero-order chi connectivity index (χ0) is 15.2. The Hall–Kier alpha value is 0.230. The molecule has 1 saturated heterocycles. The molecule has 1 aromatic carbocycles. The van der Waals surface area contributed by atoms with Crippen molar-refractivity contribution in [2.75, 3.05) is 26.2 Å². The lowest BCUT2D eigenvalue weighted by Gasteiger charge is -2.36. The second kappa shape index (κ2) is 11.7. The lowest BCUT2D eigenvalue weighted by molar-refractivity contribution is 0.159. The van der Waals surface area contributed by atoms with Gasteiger partial charge in [-0.15, -0.1) is 24.8 Å². The average Bonchev–Trinajstić information content (AvgIpc) is 2.51. The van der Waals surface area contributed by atoms with E-state index in [1.807, 2.05) is 0 Å². The van der Waals surface area contributed by atoms with E-state index in [0.29, 0.717) is 15.6 Å². The van der Waals surface area contributed by atoms with Crippen LogP contribution in [0, 0.1) is 5.82 Å². The molecule has 1 heterocycles. The predicted octanol–water partition coefficient (Wildman–Crippen LogP) is 5.50. The lowest BCUT2D eigenvalue weighted by Crippen LogP contribution is -2.45. The van der Waals surface area contributed by atoms with Crippen molar-refractivity contribution in [2.24, 2.45) is 0 Å². The summed E-state index contributed by atoms with van der Waals surface area (Å²) in [6.07, 6.45) is 4.31. The molecule has 7 heteroatoms. The van der Waals surface area contributed by atoms with Gasteiger partial charge in [-0.05, 0) is 18.6 Å². The Morgan fingerprint density at radius 3 is 2.43 bits per heavy atom. The Morgan fingerprint density at radius 1 is 1.17 bits per heavy atom. The van der Waals surface area contributed by atoms with Crippen LogP contribution in [0.5, 0.6) is 0 Å². The quantitative estimate of drug-likeness (QED) is 0.496. The molecule has 1 N–H and O–H groups in total. The molecule has 0 spiro atoms. The Balaban J connectivity index is 0.00000242. The second-order valence-electron chi connectivity index (χ2n) is 5.55. The molecule has 2 rings (SSSR count). The van der Waals surface area contributed by atoms with E-state index >= 15 is 0 Å². The number of rotatable bonds is 6. The number of halogens is 5. The number of nitrogens with one attached hydrogen (secondary N) is 1. The maximum absolute atomic E-state index is 14.4. The van der Waals surface area contributed by atoms with Crippen LogP contribution >= 0.6 is 48.0 Å². The SMILES string of the molecule is CCCCC[C@@H](c1c(F)ccc(Cl)c1Cl)N1CCNCC1.Cl.Cl. The van der Waals surface area contributed by atoms with E-state index in [9.17, 15) is 4.39 Å². The van der Waals surface area contributed by atoms with Crippen molar-refractivity contribution in [3.8, 4) is 0 Å². The first kappa shape index (κ1) is 23.2. The average molecular weight is 406 g/mol. The first-order chi connectivity index (χ1) is 10.1. The molecular weight excluding hydrogens is 381 g/mol. The minimum Gasteiger partial charge on any atom is -0.314 e. The molecule has 134 valence electrons. The van der Waals surface area contributed by atoms with Crippen molar-refractivity contribution in [2.45, 2.75) is 38.6 Å². The summed E-state index contributed by atoms with van der Waals surface area (Å²) in [7, 11) is 0. The van der Waals surface area contributed by atoms with Gasteiger partial charge in [0, 0.05) is 37.8 Å². The third kappa shape index (κ3) is 6.22. The first-order valence-corrected chi connectivity index (χ1v) is 8.49. The molecule has 1 aromatic rings. The topological polar surface area (TPSA) is 15.3 Å². The number of benzene rings is 1. The van der Waals surface area contributed by atoms with Crippen molar-refractivity contribution < 1.29 is 4.39 Å². The van der Waals surface area contributed by atoms with Gasteiger partial charge in [-0.1, -0.05) is 49.4 Å². The zero-order valence-electron chi connectivity index (χ0n) is 13.3. The Kier molecular flexibility index (Phi) is 11.8. The van der Waals surface area contributed by atoms with Crippen LogP contribution in [-0.2, 0) is 0 Å². The smallest absolute Gasteiger partial charge is 0.129 e. The summed E-state index contributed by atoms with van der Waals surface area (Å²) >= 11 is 12.4.